The maximum Gasteiger partial charge on any atom is 0.255 e. The second kappa shape index (κ2) is 7.25. The first-order valence-corrected chi connectivity index (χ1v) is 9.66. The van der Waals surface area contributed by atoms with Crippen molar-refractivity contribution in [2.24, 2.45) is 0 Å². The number of anilines is 1. The van der Waals surface area contributed by atoms with E-state index >= 15 is 0 Å². The third-order valence-corrected chi connectivity index (χ3v) is 5.25. The zero-order valence-corrected chi connectivity index (χ0v) is 15.8. The van der Waals surface area contributed by atoms with Crippen molar-refractivity contribution in [3.8, 4) is 11.1 Å². The van der Waals surface area contributed by atoms with Crippen LogP contribution in [0.2, 0.25) is 0 Å². The molecule has 1 N–H and O–H groups in total. The SMILES string of the molecule is O=C(Nc1ccccc1-c1ccc2ccccc2c1)c1ccc2ccccc2c1. The maximum absolute atomic E-state index is 12.9. The minimum atomic E-state index is -0.107. The molecule has 5 aromatic carbocycles. The number of rotatable bonds is 3. The first-order valence-electron chi connectivity index (χ1n) is 9.66. The van der Waals surface area contributed by atoms with Crippen molar-refractivity contribution in [3.63, 3.8) is 0 Å². The minimum Gasteiger partial charge on any atom is -0.321 e. The van der Waals surface area contributed by atoms with Crippen LogP contribution in [-0.2, 0) is 0 Å². The van der Waals surface area contributed by atoms with E-state index in [1.807, 2.05) is 78.9 Å². The summed E-state index contributed by atoms with van der Waals surface area (Å²) in [6, 6.07) is 36.5. The molecule has 5 rings (SSSR count). The van der Waals surface area contributed by atoms with Crippen LogP contribution in [0.1, 0.15) is 10.4 Å². The molecule has 0 unspecified atom stereocenters. The summed E-state index contributed by atoms with van der Waals surface area (Å²) in [5.41, 5.74) is 3.54. The molecule has 0 fully saturated rings. The number of amides is 1. The van der Waals surface area contributed by atoms with Crippen LogP contribution in [0.4, 0.5) is 5.69 Å². The molecule has 138 valence electrons. The van der Waals surface area contributed by atoms with Crippen molar-refractivity contribution in [1.29, 1.82) is 0 Å². The molecule has 0 heterocycles. The highest BCUT2D eigenvalue weighted by Crippen LogP contribution is 2.31. The van der Waals surface area contributed by atoms with Gasteiger partial charge in [-0.25, -0.2) is 0 Å². The Hall–Kier alpha value is -3.91. The monoisotopic (exact) mass is 373 g/mol. The highest BCUT2D eigenvalue weighted by atomic mass is 16.1. The van der Waals surface area contributed by atoms with E-state index in [0.717, 1.165) is 27.6 Å². The van der Waals surface area contributed by atoms with Gasteiger partial charge < -0.3 is 5.32 Å². The largest absolute Gasteiger partial charge is 0.321 e. The average molecular weight is 373 g/mol. The summed E-state index contributed by atoms with van der Waals surface area (Å²) in [6.07, 6.45) is 0. The lowest BCUT2D eigenvalue weighted by Crippen LogP contribution is -2.12. The lowest BCUT2D eigenvalue weighted by Gasteiger charge is -2.12. The molecule has 0 radical (unpaired) electrons. The van der Waals surface area contributed by atoms with Crippen molar-refractivity contribution in [2.75, 3.05) is 5.32 Å². The van der Waals surface area contributed by atoms with Crippen molar-refractivity contribution < 1.29 is 4.79 Å². The van der Waals surface area contributed by atoms with Crippen LogP contribution >= 0.6 is 0 Å². The lowest BCUT2D eigenvalue weighted by molar-refractivity contribution is 0.102. The molecule has 29 heavy (non-hydrogen) atoms. The quantitative estimate of drug-likeness (QED) is 0.366. The van der Waals surface area contributed by atoms with Gasteiger partial charge in [0.25, 0.3) is 5.91 Å². The zero-order valence-electron chi connectivity index (χ0n) is 15.8. The van der Waals surface area contributed by atoms with Crippen LogP contribution in [0, 0.1) is 0 Å². The second-order valence-corrected chi connectivity index (χ2v) is 7.12. The van der Waals surface area contributed by atoms with Crippen molar-refractivity contribution in [3.05, 3.63) is 115 Å². The third kappa shape index (κ3) is 3.37. The van der Waals surface area contributed by atoms with Crippen molar-refractivity contribution in [1.82, 2.24) is 0 Å². The van der Waals surface area contributed by atoms with Crippen molar-refractivity contribution in [2.45, 2.75) is 0 Å². The van der Waals surface area contributed by atoms with Gasteiger partial charge in [-0.2, -0.15) is 0 Å². The fourth-order valence-corrected chi connectivity index (χ4v) is 3.73. The van der Waals surface area contributed by atoms with Gasteiger partial charge in [0.1, 0.15) is 0 Å². The van der Waals surface area contributed by atoms with Gasteiger partial charge in [-0.3, -0.25) is 4.79 Å². The number of hydrogen-bond donors (Lipinski definition) is 1. The average Bonchev–Trinajstić information content (AvgIpc) is 2.79. The van der Waals surface area contributed by atoms with E-state index in [1.54, 1.807) is 0 Å². The highest BCUT2D eigenvalue weighted by molar-refractivity contribution is 6.08. The molecular formula is C27H19NO. The molecule has 0 saturated heterocycles. The van der Waals surface area contributed by atoms with E-state index in [0.29, 0.717) is 5.56 Å². The zero-order chi connectivity index (χ0) is 19.6. The second-order valence-electron chi connectivity index (χ2n) is 7.12. The number of benzene rings is 5. The van der Waals surface area contributed by atoms with Crippen LogP contribution in [0.25, 0.3) is 32.7 Å². The number of hydrogen-bond acceptors (Lipinski definition) is 1. The third-order valence-electron chi connectivity index (χ3n) is 5.25. The minimum absolute atomic E-state index is 0.107. The fourth-order valence-electron chi connectivity index (χ4n) is 3.73. The summed E-state index contributed by atoms with van der Waals surface area (Å²) in [5.74, 6) is -0.107. The van der Waals surface area contributed by atoms with Crippen LogP contribution in [0.5, 0.6) is 0 Å². The lowest BCUT2D eigenvalue weighted by atomic mass is 9.99. The van der Waals surface area contributed by atoms with E-state index in [9.17, 15) is 4.79 Å². The van der Waals surface area contributed by atoms with E-state index in [4.69, 9.17) is 0 Å². The van der Waals surface area contributed by atoms with E-state index in [1.165, 1.54) is 10.8 Å². The smallest absolute Gasteiger partial charge is 0.255 e. The first-order chi connectivity index (χ1) is 14.3. The molecule has 0 aliphatic heterocycles. The van der Waals surface area contributed by atoms with Gasteiger partial charge in [-0.15, -0.1) is 0 Å². The van der Waals surface area contributed by atoms with Crippen LogP contribution in [0.15, 0.2) is 109 Å². The molecule has 5 aromatic rings. The molecule has 0 aromatic heterocycles. The molecule has 0 aliphatic carbocycles. The van der Waals surface area contributed by atoms with Gasteiger partial charge in [0.2, 0.25) is 0 Å². The number of nitrogens with one attached hydrogen (secondary N) is 1. The van der Waals surface area contributed by atoms with Crippen LogP contribution in [-0.4, -0.2) is 5.91 Å². The van der Waals surface area contributed by atoms with Gasteiger partial charge in [0.05, 0.1) is 0 Å². The fraction of sp³-hybridized carbons (Fsp3) is 0. The summed E-state index contributed by atoms with van der Waals surface area (Å²) < 4.78 is 0. The van der Waals surface area contributed by atoms with E-state index < -0.39 is 0 Å². The Morgan fingerprint density at radius 3 is 1.90 bits per heavy atom. The predicted octanol–water partition coefficient (Wildman–Crippen LogP) is 6.91. The Morgan fingerprint density at radius 2 is 1.14 bits per heavy atom. The Kier molecular flexibility index (Phi) is 4.30. The Morgan fingerprint density at radius 1 is 0.552 bits per heavy atom. The first kappa shape index (κ1) is 17.2. The standard InChI is InChI=1S/C27H19NO/c29-27(24-16-14-20-8-2-4-10-22(20)18-24)28-26-12-6-5-11-25(26)23-15-13-19-7-1-3-9-21(19)17-23/h1-18H,(H,28,29). The van der Waals surface area contributed by atoms with Gasteiger partial charge in [0, 0.05) is 16.8 Å². The maximum atomic E-state index is 12.9. The molecule has 2 heteroatoms. The Bertz CT molecular complexity index is 1350. The van der Waals surface area contributed by atoms with Gasteiger partial charge in [0.15, 0.2) is 0 Å². The molecule has 0 aliphatic rings. The summed E-state index contributed by atoms with van der Waals surface area (Å²) >= 11 is 0. The number of carbonyl (C=O) groups excluding carboxylic acids is 1. The molecule has 1 amide bonds. The Labute approximate surface area is 169 Å². The highest BCUT2D eigenvalue weighted by Gasteiger charge is 2.11. The van der Waals surface area contributed by atoms with Gasteiger partial charge in [-0.05, 0) is 51.4 Å². The molecule has 0 bridgehead atoms. The molecule has 2 nitrogen and oxygen atoms in total. The van der Waals surface area contributed by atoms with Crippen LogP contribution in [0.3, 0.4) is 0 Å². The summed E-state index contributed by atoms with van der Waals surface area (Å²) in [5, 5.41) is 7.67. The topological polar surface area (TPSA) is 29.1 Å². The molecular weight excluding hydrogens is 354 g/mol. The molecule has 0 atom stereocenters. The molecule has 0 spiro atoms. The van der Waals surface area contributed by atoms with Gasteiger partial charge in [-0.1, -0.05) is 84.9 Å². The number of carbonyl (C=O) groups is 1. The number of para-hydroxylation sites is 1. The van der Waals surface area contributed by atoms with Gasteiger partial charge >= 0.3 is 0 Å². The Balaban J connectivity index is 1.50. The summed E-state index contributed by atoms with van der Waals surface area (Å²) in [7, 11) is 0. The summed E-state index contributed by atoms with van der Waals surface area (Å²) in [6.45, 7) is 0. The number of fused-ring (bicyclic) bond motifs is 2. The van der Waals surface area contributed by atoms with E-state index in [2.05, 4.69) is 35.6 Å². The van der Waals surface area contributed by atoms with Crippen LogP contribution < -0.4 is 5.32 Å². The normalized spacial score (nSPS) is 10.9. The molecule has 0 saturated carbocycles. The summed E-state index contributed by atoms with van der Waals surface area (Å²) in [4.78, 5) is 12.9. The predicted molar refractivity (Wildman–Crippen MR) is 121 cm³/mol. The van der Waals surface area contributed by atoms with Crippen molar-refractivity contribution >= 4 is 33.1 Å². The van der Waals surface area contributed by atoms with E-state index in [-0.39, 0.29) is 5.91 Å².